The van der Waals surface area contributed by atoms with Gasteiger partial charge in [0.05, 0.1) is 6.61 Å². The van der Waals surface area contributed by atoms with Crippen molar-refractivity contribution in [2.24, 2.45) is 11.7 Å². The van der Waals surface area contributed by atoms with E-state index in [1.54, 1.807) is 6.33 Å². The first-order valence-corrected chi connectivity index (χ1v) is 4.88. The van der Waals surface area contributed by atoms with Crippen molar-refractivity contribution in [1.82, 2.24) is 14.8 Å². The smallest absolute Gasteiger partial charge is 0.158 e. The van der Waals surface area contributed by atoms with Crippen LogP contribution in [-0.2, 0) is 17.9 Å². The lowest BCUT2D eigenvalue weighted by Gasteiger charge is -2.08. The molecule has 5 nitrogen and oxygen atoms in total. The molecule has 0 fully saturated rings. The van der Waals surface area contributed by atoms with Gasteiger partial charge in [0.1, 0.15) is 12.9 Å². The second-order valence-corrected chi connectivity index (χ2v) is 3.63. The van der Waals surface area contributed by atoms with E-state index in [4.69, 9.17) is 10.5 Å². The Labute approximate surface area is 84.3 Å². The van der Waals surface area contributed by atoms with E-state index < -0.39 is 0 Å². The molecule has 0 unspecified atom stereocenters. The van der Waals surface area contributed by atoms with E-state index in [-0.39, 0.29) is 0 Å². The van der Waals surface area contributed by atoms with E-state index in [0.717, 1.165) is 12.4 Å². The van der Waals surface area contributed by atoms with Gasteiger partial charge in [0.2, 0.25) is 0 Å². The van der Waals surface area contributed by atoms with Gasteiger partial charge in [0.25, 0.3) is 0 Å². The minimum absolute atomic E-state index is 0.490. The summed E-state index contributed by atoms with van der Waals surface area (Å²) in [5.74, 6) is 1.45. The van der Waals surface area contributed by atoms with Gasteiger partial charge >= 0.3 is 0 Å². The highest BCUT2D eigenvalue weighted by Gasteiger charge is 2.05. The van der Waals surface area contributed by atoms with Gasteiger partial charge in [-0.15, -0.1) is 10.2 Å². The van der Waals surface area contributed by atoms with Crippen molar-refractivity contribution in [3.05, 3.63) is 12.2 Å². The molecular weight excluding hydrogens is 180 g/mol. The predicted octanol–water partition coefficient (Wildman–Crippen LogP) is 0.409. The van der Waals surface area contributed by atoms with Gasteiger partial charge in [0.15, 0.2) is 5.82 Å². The molecule has 1 aromatic rings. The molecule has 2 N–H and O–H groups in total. The molecule has 0 aliphatic rings. The number of hydrogen-bond donors (Lipinski definition) is 1. The quantitative estimate of drug-likeness (QED) is 0.672. The molecule has 1 rings (SSSR count). The molecule has 1 heterocycles. The van der Waals surface area contributed by atoms with Crippen LogP contribution in [0.2, 0.25) is 0 Å². The first-order chi connectivity index (χ1) is 6.74. The Kier molecular flexibility index (Phi) is 4.55. The highest BCUT2D eigenvalue weighted by atomic mass is 16.5. The van der Waals surface area contributed by atoms with Crippen LogP contribution in [0.1, 0.15) is 19.7 Å². The summed E-state index contributed by atoms with van der Waals surface area (Å²) in [6.45, 7) is 6.83. The Morgan fingerprint density at radius 2 is 2.36 bits per heavy atom. The summed E-state index contributed by atoms with van der Waals surface area (Å²) >= 11 is 0. The topological polar surface area (TPSA) is 66.0 Å². The molecule has 0 atom stereocenters. The number of rotatable bonds is 6. The zero-order valence-corrected chi connectivity index (χ0v) is 8.81. The van der Waals surface area contributed by atoms with E-state index in [0.29, 0.717) is 25.7 Å². The SMILES string of the molecule is CC(C)Cn1cnnc1COCCN. The van der Waals surface area contributed by atoms with E-state index in [9.17, 15) is 0 Å². The fourth-order valence-electron chi connectivity index (χ4n) is 1.18. The third-order valence-electron chi connectivity index (χ3n) is 1.75. The summed E-state index contributed by atoms with van der Waals surface area (Å²) < 4.78 is 7.32. The van der Waals surface area contributed by atoms with Crippen LogP contribution in [0, 0.1) is 5.92 Å². The van der Waals surface area contributed by atoms with Crippen LogP contribution in [0.3, 0.4) is 0 Å². The lowest BCUT2D eigenvalue weighted by atomic mass is 10.2. The molecule has 0 saturated carbocycles. The van der Waals surface area contributed by atoms with Gasteiger partial charge in [-0.25, -0.2) is 0 Å². The Bertz CT molecular complexity index is 259. The van der Waals surface area contributed by atoms with Crippen LogP contribution in [0.25, 0.3) is 0 Å². The maximum Gasteiger partial charge on any atom is 0.158 e. The summed E-state index contributed by atoms with van der Waals surface area (Å²) in [4.78, 5) is 0. The Hall–Kier alpha value is -0.940. The Morgan fingerprint density at radius 1 is 1.57 bits per heavy atom. The van der Waals surface area contributed by atoms with Crippen molar-refractivity contribution in [2.75, 3.05) is 13.2 Å². The fraction of sp³-hybridized carbons (Fsp3) is 0.778. The maximum atomic E-state index is 5.32. The molecule has 0 spiro atoms. The Balaban J connectivity index is 2.45. The summed E-state index contributed by atoms with van der Waals surface area (Å²) in [6, 6.07) is 0. The van der Waals surface area contributed by atoms with Crippen LogP contribution in [0.5, 0.6) is 0 Å². The van der Waals surface area contributed by atoms with Crippen molar-refractivity contribution in [3.8, 4) is 0 Å². The van der Waals surface area contributed by atoms with Crippen molar-refractivity contribution < 1.29 is 4.74 Å². The first kappa shape index (κ1) is 11.1. The molecule has 0 aliphatic carbocycles. The maximum absolute atomic E-state index is 5.32. The van der Waals surface area contributed by atoms with Gasteiger partial charge in [-0.2, -0.15) is 0 Å². The van der Waals surface area contributed by atoms with Crippen LogP contribution >= 0.6 is 0 Å². The molecule has 80 valence electrons. The van der Waals surface area contributed by atoms with Crippen LogP contribution in [0.4, 0.5) is 0 Å². The third kappa shape index (κ3) is 3.43. The third-order valence-corrected chi connectivity index (χ3v) is 1.75. The predicted molar refractivity (Wildman–Crippen MR) is 53.6 cm³/mol. The summed E-state index contributed by atoms with van der Waals surface area (Å²) in [6.07, 6.45) is 1.74. The molecule has 0 amide bonds. The number of aromatic nitrogens is 3. The standard InChI is InChI=1S/C9H18N4O/c1-8(2)5-13-7-11-12-9(13)6-14-4-3-10/h7-8H,3-6,10H2,1-2H3. The molecule has 0 aromatic carbocycles. The second kappa shape index (κ2) is 5.72. The molecule has 0 radical (unpaired) electrons. The lowest BCUT2D eigenvalue weighted by Crippen LogP contribution is -2.12. The fourth-order valence-corrected chi connectivity index (χ4v) is 1.18. The molecule has 1 aromatic heterocycles. The Morgan fingerprint density at radius 3 is 3.00 bits per heavy atom. The zero-order chi connectivity index (χ0) is 10.4. The lowest BCUT2D eigenvalue weighted by molar-refractivity contribution is 0.119. The van der Waals surface area contributed by atoms with E-state index in [1.165, 1.54) is 0 Å². The number of nitrogens with two attached hydrogens (primary N) is 1. The largest absolute Gasteiger partial charge is 0.372 e. The minimum Gasteiger partial charge on any atom is -0.372 e. The first-order valence-electron chi connectivity index (χ1n) is 4.88. The van der Waals surface area contributed by atoms with Crippen molar-refractivity contribution in [1.29, 1.82) is 0 Å². The average molecular weight is 198 g/mol. The normalized spacial score (nSPS) is 11.1. The van der Waals surface area contributed by atoms with E-state index in [1.807, 2.05) is 4.57 Å². The second-order valence-electron chi connectivity index (χ2n) is 3.63. The molecule has 0 bridgehead atoms. The molecule has 0 saturated heterocycles. The number of hydrogen-bond acceptors (Lipinski definition) is 4. The van der Waals surface area contributed by atoms with Crippen molar-refractivity contribution in [2.45, 2.75) is 27.0 Å². The zero-order valence-electron chi connectivity index (χ0n) is 8.81. The highest BCUT2D eigenvalue weighted by Crippen LogP contribution is 2.02. The van der Waals surface area contributed by atoms with E-state index >= 15 is 0 Å². The monoisotopic (exact) mass is 198 g/mol. The summed E-state index contributed by atoms with van der Waals surface area (Å²) in [5.41, 5.74) is 5.32. The summed E-state index contributed by atoms with van der Waals surface area (Å²) in [5, 5.41) is 7.84. The van der Waals surface area contributed by atoms with Crippen LogP contribution in [0.15, 0.2) is 6.33 Å². The minimum atomic E-state index is 0.490. The molecular formula is C9H18N4O. The number of ether oxygens (including phenoxy) is 1. The van der Waals surface area contributed by atoms with Crippen molar-refractivity contribution in [3.63, 3.8) is 0 Å². The highest BCUT2D eigenvalue weighted by molar-refractivity contribution is 4.83. The van der Waals surface area contributed by atoms with E-state index in [2.05, 4.69) is 24.0 Å². The molecule has 14 heavy (non-hydrogen) atoms. The van der Waals surface area contributed by atoms with Gasteiger partial charge in [0, 0.05) is 13.1 Å². The van der Waals surface area contributed by atoms with Gasteiger partial charge < -0.3 is 15.0 Å². The van der Waals surface area contributed by atoms with Crippen LogP contribution < -0.4 is 5.73 Å². The van der Waals surface area contributed by atoms with Gasteiger partial charge in [-0.1, -0.05) is 13.8 Å². The van der Waals surface area contributed by atoms with Crippen LogP contribution in [-0.4, -0.2) is 27.9 Å². The van der Waals surface area contributed by atoms with Crippen molar-refractivity contribution >= 4 is 0 Å². The molecule has 0 aliphatic heterocycles. The molecule has 5 heteroatoms. The summed E-state index contributed by atoms with van der Waals surface area (Å²) in [7, 11) is 0. The van der Waals surface area contributed by atoms with Gasteiger partial charge in [-0.3, -0.25) is 0 Å². The number of nitrogens with zero attached hydrogens (tertiary/aromatic N) is 3. The average Bonchev–Trinajstić information content (AvgIpc) is 2.52. The van der Waals surface area contributed by atoms with Gasteiger partial charge in [-0.05, 0) is 5.92 Å².